The van der Waals surface area contributed by atoms with Gasteiger partial charge in [0.15, 0.2) is 0 Å². The molecule has 1 aromatic carbocycles. The zero-order chi connectivity index (χ0) is 14.0. The van der Waals surface area contributed by atoms with E-state index in [2.05, 4.69) is 0 Å². The highest BCUT2D eigenvalue weighted by atomic mass is 35.5. The molecule has 0 radical (unpaired) electrons. The second kappa shape index (κ2) is 5.19. The molecule has 0 amide bonds. The Morgan fingerprint density at radius 1 is 1.67 bits per heavy atom. The molecule has 1 rings (SSSR count). The summed E-state index contributed by atoms with van der Waals surface area (Å²) in [7, 11) is 1.20. The third kappa shape index (κ3) is 2.36. The van der Waals surface area contributed by atoms with E-state index in [9.17, 15) is 14.9 Å². The molecule has 8 heteroatoms. The number of halogens is 1. The molecule has 0 saturated carbocycles. The van der Waals surface area contributed by atoms with Crippen molar-refractivity contribution in [2.45, 2.75) is 13.0 Å². The van der Waals surface area contributed by atoms with Crippen LogP contribution in [0.1, 0.15) is 17.2 Å². The van der Waals surface area contributed by atoms with Gasteiger partial charge >= 0.3 is 11.7 Å². The van der Waals surface area contributed by atoms with E-state index in [0.29, 0.717) is 0 Å². The molecule has 0 aliphatic carbocycles. The van der Waals surface area contributed by atoms with Crippen LogP contribution in [0.5, 0.6) is 5.75 Å². The summed E-state index contributed by atoms with van der Waals surface area (Å²) in [5.41, 5.74) is 5.22. The van der Waals surface area contributed by atoms with Crippen molar-refractivity contribution < 1.29 is 19.6 Å². The van der Waals surface area contributed by atoms with Gasteiger partial charge in [-0.2, -0.15) is 0 Å². The Labute approximate surface area is 107 Å². The van der Waals surface area contributed by atoms with E-state index >= 15 is 0 Å². The molecule has 1 atom stereocenters. The van der Waals surface area contributed by atoms with E-state index in [-0.39, 0.29) is 27.6 Å². The SMILES string of the molecule is COc1c([C@H](N)C(=O)O)cc(Cl)c(C)c1[N+](=O)[O-]. The molecule has 0 aromatic heterocycles. The van der Waals surface area contributed by atoms with Gasteiger partial charge < -0.3 is 15.6 Å². The van der Waals surface area contributed by atoms with Gasteiger partial charge in [0.1, 0.15) is 6.04 Å². The third-order valence-electron chi connectivity index (χ3n) is 2.46. The van der Waals surface area contributed by atoms with Gasteiger partial charge in [-0.25, -0.2) is 0 Å². The lowest BCUT2D eigenvalue weighted by Gasteiger charge is -2.14. The number of nitrogens with two attached hydrogens (primary N) is 1. The largest absolute Gasteiger partial charge is 0.490 e. The highest BCUT2D eigenvalue weighted by Gasteiger charge is 2.29. The van der Waals surface area contributed by atoms with Crippen LogP contribution in [0, 0.1) is 17.0 Å². The van der Waals surface area contributed by atoms with Gasteiger partial charge in [0, 0.05) is 11.1 Å². The van der Waals surface area contributed by atoms with Gasteiger partial charge in [-0.1, -0.05) is 11.6 Å². The summed E-state index contributed by atoms with van der Waals surface area (Å²) in [6.07, 6.45) is 0. The minimum atomic E-state index is -1.45. The number of hydrogen-bond donors (Lipinski definition) is 2. The Morgan fingerprint density at radius 3 is 2.61 bits per heavy atom. The number of ether oxygens (including phenoxy) is 1. The maximum absolute atomic E-state index is 11.0. The Morgan fingerprint density at radius 2 is 2.22 bits per heavy atom. The second-order valence-corrected chi connectivity index (χ2v) is 3.93. The quantitative estimate of drug-likeness (QED) is 0.637. The fourth-order valence-electron chi connectivity index (χ4n) is 1.53. The Bertz CT molecular complexity index is 517. The minimum Gasteiger partial charge on any atom is -0.490 e. The van der Waals surface area contributed by atoms with Crippen molar-refractivity contribution in [3.8, 4) is 5.75 Å². The van der Waals surface area contributed by atoms with Crippen LogP contribution < -0.4 is 10.5 Å². The number of nitro benzene ring substituents is 1. The summed E-state index contributed by atoms with van der Waals surface area (Å²) in [5.74, 6) is -1.51. The van der Waals surface area contributed by atoms with Crippen LogP contribution in [0.15, 0.2) is 6.07 Å². The van der Waals surface area contributed by atoms with Crippen molar-refractivity contribution >= 4 is 23.3 Å². The van der Waals surface area contributed by atoms with Crippen molar-refractivity contribution in [3.05, 3.63) is 32.3 Å². The standard InChI is InChI=1S/C10H11ClN2O5/c1-4-6(11)3-5(7(12)10(14)15)9(18-2)8(4)13(16)17/h3,7H,12H2,1-2H3,(H,14,15)/t7-/m0/s1. The number of benzene rings is 1. The van der Waals surface area contributed by atoms with E-state index in [1.165, 1.54) is 20.1 Å². The zero-order valence-electron chi connectivity index (χ0n) is 9.64. The molecule has 98 valence electrons. The number of nitro groups is 1. The fraction of sp³-hybridized carbons (Fsp3) is 0.300. The molecule has 0 spiro atoms. The number of carboxylic acids is 1. The van der Waals surface area contributed by atoms with Crippen LogP contribution >= 0.6 is 11.6 Å². The lowest BCUT2D eigenvalue weighted by atomic mass is 10.0. The first-order valence-electron chi connectivity index (χ1n) is 4.81. The summed E-state index contributed by atoms with van der Waals surface area (Å²) >= 11 is 5.83. The summed E-state index contributed by atoms with van der Waals surface area (Å²) in [5, 5.41) is 19.9. The van der Waals surface area contributed by atoms with Gasteiger partial charge in [-0.15, -0.1) is 0 Å². The second-order valence-electron chi connectivity index (χ2n) is 3.53. The molecule has 0 aliphatic heterocycles. The topological polar surface area (TPSA) is 116 Å². The minimum absolute atomic E-state index is 0.0349. The molecule has 3 N–H and O–H groups in total. The first-order chi connectivity index (χ1) is 8.31. The van der Waals surface area contributed by atoms with Gasteiger partial charge in [-0.05, 0) is 13.0 Å². The Balaban J connectivity index is 3.63. The lowest BCUT2D eigenvalue weighted by molar-refractivity contribution is -0.386. The molecule has 0 aliphatic rings. The van der Waals surface area contributed by atoms with E-state index in [0.717, 1.165) is 0 Å². The van der Waals surface area contributed by atoms with Gasteiger partial charge in [0.05, 0.1) is 17.1 Å². The lowest BCUT2D eigenvalue weighted by Crippen LogP contribution is -2.22. The Kier molecular flexibility index (Phi) is 4.10. The van der Waals surface area contributed by atoms with E-state index in [1.54, 1.807) is 0 Å². The predicted octanol–water partition coefficient (Wildman–Crippen LogP) is 1.65. The first-order valence-corrected chi connectivity index (χ1v) is 5.18. The molecule has 18 heavy (non-hydrogen) atoms. The smallest absolute Gasteiger partial charge is 0.325 e. The molecule has 0 heterocycles. The van der Waals surface area contributed by atoms with Crippen LogP contribution in [-0.2, 0) is 4.79 Å². The van der Waals surface area contributed by atoms with Crippen molar-refractivity contribution in [1.82, 2.24) is 0 Å². The van der Waals surface area contributed by atoms with Crippen LogP contribution in [-0.4, -0.2) is 23.1 Å². The van der Waals surface area contributed by atoms with Crippen LogP contribution in [0.3, 0.4) is 0 Å². The van der Waals surface area contributed by atoms with E-state index in [4.69, 9.17) is 27.2 Å². The van der Waals surface area contributed by atoms with Crippen molar-refractivity contribution in [3.63, 3.8) is 0 Å². The van der Waals surface area contributed by atoms with E-state index < -0.39 is 16.9 Å². The summed E-state index contributed by atoms with van der Waals surface area (Å²) in [6, 6.07) is -0.182. The molecule has 0 saturated heterocycles. The first kappa shape index (κ1) is 14.2. The van der Waals surface area contributed by atoms with Crippen LogP contribution in [0.4, 0.5) is 5.69 Å². The van der Waals surface area contributed by atoms with Crippen molar-refractivity contribution in [1.29, 1.82) is 0 Å². The molecule has 7 nitrogen and oxygen atoms in total. The number of methoxy groups -OCH3 is 1. The molecule has 0 unspecified atom stereocenters. The monoisotopic (exact) mass is 274 g/mol. The van der Waals surface area contributed by atoms with Crippen molar-refractivity contribution in [2.75, 3.05) is 7.11 Å². The highest BCUT2D eigenvalue weighted by molar-refractivity contribution is 6.31. The number of aliphatic carboxylic acids is 1. The van der Waals surface area contributed by atoms with Gasteiger partial charge in [0.25, 0.3) is 0 Å². The molecule has 1 aromatic rings. The summed E-state index contributed by atoms with van der Waals surface area (Å²) in [4.78, 5) is 21.1. The number of carbonyl (C=O) groups is 1. The number of hydrogen-bond acceptors (Lipinski definition) is 5. The maximum atomic E-state index is 11.0. The highest BCUT2D eigenvalue weighted by Crippen LogP contribution is 2.40. The number of nitrogens with zero attached hydrogens (tertiary/aromatic N) is 1. The predicted molar refractivity (Wildman–Crippen MR) is 64.0 cm³/mol. The third-order valence-corrected chi connectivity index (χ3v) is 2.85. The zero-order valence-corrected chi connectivity index (χ0v) is 10.4. The fourth-order valence-corrected chi connectivity index (χ4v) is 1.74. The molecular weight excluding hydrogens is 264 g/mol. The Hall–Kier alpha value is -1.86. The number of carboxylic acid groups (broad SMARTS) is 1. The van der Waals surface area contributed by atoms with Gasteiger partial charge in [0.2, 0.25) is 5.75 Å². The normalized spacial score (nSPS) is 12.0. The van der Waals surface area contributed by atoms with Crippen LogP contribution in [0.2, 0.25) is 5.02 Å². The summed E-state index contributed by atoms with van der Waals surface area (Å²) in [6.45, 7) is 1.44. The average Bonchev–Trinajstić information content (AvgIpc) is 2.30. The summed E-state index contributed by atoms with van der Waals surface area (Å²) < 4.78 is 4.90. The molecule has 0 bridgehead atoms. The number of rotatable bonds is 4. The van der Waals surface area contributed by atoms with Crippen molar-refractivity contribution in [2.24, 2.45) is 5.73 Å². The molecule has 0 fully saturated rings. The molecular formula is C10H11ClN2O5. The van der Waals surface area contributed by atoms with E-state index in [1.807, 2.05) is 0 Å². The van der Waals surface area contributed by atoms with Crippen LogP contribution in [0.25, 0.3) is 0 Å². The average molecular weight is 275 g/mol. The van der Waals surface area contributed by atoms with Gasteiger partial charge in [-0.3, -0.25) is 14.9 Å². The maximum Gasteiger partial charge on any atom is 0.325 e.